The minimum absolute atomic E-state index is 0.772. The standard InChI is InChI=1S/C26H29N/c1-3-5-11-19(4-2)18-20-12-6-7-13-21(20)22-15-10-17-25-26(22)23-14-8-9-16-24(23)27-25/h6-10,12-17,19,27H,3-5,11,18H2,1-2H3. The number of hydrogen-bond acceptors (Lipinski definition) is 0. The monoisotopic (exact) mass is 355 g/mol. The number of hydrogen-bond donors (Lipinski definition) is 1. The second kappa shape index (κ2) is 8.00. The number of H-pyrrole nitrogens is 1. The molecule has 138 valence electrons. The Morgan fingerprint density at radius 1 is 0.778 bits per heavy atom. The maximum absolute atomic E-state index is 3.59. The van der Waals surface area contributed by atoms with Gasteiger partial charge in [0.25, 0.3) is 0 Å². The van der Waals surface area contributed by atoms with Crippen molar-refractivity contribution in [1.82, 2.24) is 4.98 Å². The Morgan fingerprint density at radius 3 is 2.37 bits per heavy atom. The molecule has 1 heterocycles. The van der Waals surface area contributed by atoms with Crippen molar-refractivity contribution in [2.45, 2.75) is 46.0 Å². The number of benzene rings is 3. The quantitative estimate of drug-likeness (QED) is 0.349. The maximum atomic E-state index is 3.59. The van der Waals surface area contributed by atoms with Crippen molar-refractivity contribution in [1.29, 1.82) is 0 Å². The van der Waals surface area contributed by atoms with Crippen LogP contribution in [0.3, 0.4) is 0 Å². The number of aromatic amines is 1. The van der Waals surface area contributed by atoms with Crippen molar-refractivity contribution in [3.05, 3.63) is 72.3 Å². The van der Waals surface area contributed by atoms with E-state index in [1.165, 1.54) is 70.6 Å². The Bertz CT molecular complexity index is 1040. The predicted octanol–water partition coefficient (Wildman–Crippen LogP) is 7.75. The first kappa shape index (κ1) is 17.9. The number of fused-ring (bicyclic) bond motifs is 3. The van der Waals surface area contributed by atoms with Gasteiger partial charge in [0.1, 0.15) is 0 Å². The SMILES string of the molecule is CCCCC(CC)Cc1ccccc1-c1cccc2[nH]c3ccccc3c12. The molecule has 0 bridgehead atoms. The lowest BCUT2D eigenvalue weighted by molar-refractivity contribution is 0.449. The minimum atomic E-state index is 0.772. The van der Waals surface area contributed by atoms with E-state index < -0.39 is 0 Å². The highest BCUT2D eigenvalue weighted by Crippen LogP contribution is 2.37. The molecule has 0 saturated heterocycles. The highest BCUT2D eigenvalue weighted by Gasteiger charge is 2.15. The van der Waals surface area contributed by atoms with Gasteiger partial charge in [-0.2, -0.15) is 0 Å². The summed E-state index contributed by atoms with van der Waals surface area (Å²) >= 11 is 0. The van der Waals surface area contributed by atoms with Crippen molar-refractivity contribution < 1.29 is 0 Å². The molecule has 0 saturated carbocycles. The first-order valence-corrected chi connectivity index (χ1v) is 10.4. The molecule has 27 heavy (non-hydrogen) atoms. The third-order valence-corrected chi connectivity index (χ3v) is 5.89. The second-order valence-corrected chi connectivity index (χ2v) is 7.68. The van der Waals surface area contributed by atoms with Crippen molar-refractivity contribution in [3.63, 3.8) is 0 Å². The molecule has 4 rings (SSSR count). The lowest BCUT2D eigenvalue weighted by Gasteiger charge is -2.18. The van der Waals surface area contributed by atoms with Crippen molar-refractivity contribution >= 4 is 21.8 Å². The summed E-state index contributed by atoms with van der Waals surface area (Å²) < 4.78 is 0. The second-order valence-electron chi connectivity index (χ2n) is 7.68. The van der Waals surface area contributed by atoms with Crippen LogP contribution in [0.2, 0.25) is 0 Å². The van der Waals surface area contributed by atoms with E-state index in [1.807, 2.05) is 0 Å². The van der Waals surface area contributed by atoms with Crippen LogP contribution in [0.4, 0.5) is 0 Å². The number of unbranched alkanes of at least 4 members (excludes halogenated alkanes) is 1. The molecule has 0 aliphatic heterocycles. The van der Waals surface area contributed by atoms with Crippen LogP contribution in [0.1, 0.15) is 45.1 Å². The van der Waals surface area contributed by atoms with Crippen LogP contribution >= 0.6 is 0 Å². The molecule has 0 amide bonds. The van der Waals surface area contributed by atoms with E-state index in [1.54, 1.807) is 0 Å². The van der Waals surface area contributed by atoms with Gasteiger partial charge in [-0.15, -0.1) is 0 Å². The molecule has 1 heteroatoms. The number of nitrogens with one attached hydrogen (secondary N) is 1. The summed E-state index contributed by atoms with van der Waals surface area (Å²) in [4.78, 5) is 3.59. The zero-order valence-electron chi connectivity index (χ0n) is 16.5. The lowest BCUT2D eigenvalue weighted by Crippen LogP contribution is -2.04. The number of aromatic nitrogens is 1. The molecule has 4 aromatic rings. The van der Waals surface area contributed by atoms with Gasteiger partial charge in [-0.25, -0.2) is 0 Å². The van der Waals surface area contributed by atoms with Gasteiger partial charge in [0, 0.05) is 21.8 Å². The van der Waals surface area contributed by atoms with Crippen LogP contribution in [-0.4, -0.2) is 4.98 Å². The third-order valence-electron chi connectivity index (χ3n) is 5.89. The van der Waals surface area contributed by atoms with Crippen molar-refractivity contribution in [3.8, 4) is 11.1 Å². The Balaban J connectivity index is 1.83. The van der Waals surface area contributed by atoms with Crippen molar-refractivity contribution in [2.75, 3.05) is 0 Å². The first-order valence-electron chi connectivity index (χ1n) is 10.4. The molecule has 0 aliphatic carbocycles. The van der Waals surface area contributed by atoms with Crippen molar-refractivity contribution in [2.24, 2.45) is 5.92 Å². The molecule has 0 spiro atoms. The predicted molar refractivity (Wildman–Crippen MR) is 118 cm³/mol. The van der Waals surface area contributed by atoms with Gasteiger partial charge in [-0.1, -0.05) is 94.1 Å². The molecule has 0 aliphatic rings. The van der Waals surface area contributed by atoms with E-state index in [0.717, 1.165) is 5.92 Å². The van der Waals surface area contributed by atoms with E-state index in [-0.39, 0.29) is 0 Å². The van der Waals surface area contributed by atoms with E-state index >= 15 is 0 Å². The van der Waals surface area contributed by atoms with Gasteiger partial charge >= 0.3 is 0 Å². The average molecular weight is 356 g/mol. The smallest absolute Gasteiger partial charge is 0.0471 e. The molecule has 1 atom stereocenters. The summed E-state index contributed by atoms with van der Waals surface area (Å²) in [7, 11) is 0. The molecule has 1 nitrogen and oxygen atoms in total. The average Bonchev–Trinajstić information content (AvgIpc) is 3.10. The van der Waals surface area contributed by atoms with Crippen LogP contribution in [0.25, 0.3) is 32.9 Å². The highest BCUT2D eigenvalue weighted by molar-refractivity contribution is 6.14. The van der Waals surface area contributed by atoms with Gasteiger partial charge in [0.05, 0.1) is 0 Å². The fraction of sp³-hybridized carbons (Fsp3) is 0.308. The summed E-state index contributed by atoms with van der Waals surface area (Å²) in [6.07, 6.45) is 6.38. The number of para-hydroxylation sites is 1. The summed E-state index contributed by atoms with van der Waals surface area (Å²) in [5.74, 6) is 0.772. The first-order chi connectivity index (χ1) is 13.3. The normalized spacial score (nSPS) is 12.7. The molecule has 1 aromatic heterocycles. The van der Waals surface area contributed by atoms with E-state index in [2.05, 4.69) is 85.6 Å². The lowest BCUT2D eigenvalue weighted by atomic mass is 9.87. The van der Waals surface area contributed by atoms with Crippen LogP contribution in [0.15, 0.2) is 66.7 Å². The fourth-order valence-corrected chi connectivity index (χ4v) is 4.34. The topological polar surface area (TPSA) is 15.8 Å². The Hall–Kier alpha value is -2.54. The largest absolute Gasteiger partial charge is 0.354 e. The van der Waals surface area contributed by atoms with Gasteiger partial charge < -0.3 is 4.98 Å². The van der Waals surface area contributed by atoms with Crippen LogP contribution < -0.4 is 0 Å². The zero-order chi connectivity index (χ0) is 18.6. The van der Waals surface area contributed by atoms with E-state index in [4.69, 9.17) is 0 Å². The summed E-state index contributed by atoms with van der Waals surface area (Å²) in [5, 5.41) is 2.66. The van der Waals surface area contributed by atoms with Gasteiger partial charge in [0.15, 0.2) is 0 Å². The molecule has 0 fully saturated rings. The zero-order valence-corrected chi connectivity index (χ0v) is 16.5. The van der Waals surface area contributed by atoms with Gasteiger partial charge in [-0.05, 0) is 41.2 Å². The summed E-state index contributed by atoms with van der Waals surface area (Å²) in [6, 6.07) is 24.3. The van der Waals surface area contributed by atoms with Crippen LogP contribution in [0, 0.1) is 5.92 Å². The number of rotatable bonds is 7. The Labute approximate surface area is 162 Å². The minimum Gasteiger partial charge on any atom is -0.354 e. The Morgan fingerprint density at radius 2 is 1.52 bits per heavy atom. The molecule has 1 unspecified atom stereocenters. The van der Waals surface area contributed by atoms with Crippen LogP contribution in [-0.2, 0) is 6.42 Å². The molecular weight excluding hydrogens is 326 g/mol. The highest BCUT2D eigenvalue weighted by atomic mass is 14.7. The summed E-state index contributed by atoms with van der Waals surface area (Å²) in [5.41, 5.74) is 6.67. The molecular formula is C26H29N. The third kappa shape index (κ3) is 3.51. The summed E-state index contributed by atoms with van der Waals surface area (Å²) in [6.45, 7) is 4.63. The van der Waals surface area contributed by atoms with Gasteiger partial charge in [0.2, 0.25) is 0 Å². The Kier molecular flexibility index (Phi) is 5.29. The van der Waals surface area contributed by atoms with E-state index in [9.17, 15) is 0 Å². The molecule has 0 radical (unpaired) electrons. The maximum Gasteiger partial charge on any atom is 0.0471 e. The molecule has 1 N–H and O–H groups in total. The van der Waals surface area contributed by atoms with Gasteiger partial charge in [-0.3, -0.25) is 0 Å². The van der Waals surface area contributed by atoms with E-state index in [0.29, 0.717) is 0 Å². The van der Waals surface area contributed by atoms with Crippen LogP contribution in [0.5, 0.6) is 0 Å². The fourth-order valence-electron chi connectivity index (χ4n) is 4.34. The molecule has 3 aromatic carbocycles.